The fourth-order valence-corrected chi connectivity index (χ4v) is 2.24. The predicted octanol–water partition coefficient (Wildman–Crippen LogP) is 2.54. The van der Waals surface area contributed by atoms with E-state index in [-0.39, 0.29) is 23.7 Å². The number of aliphatic hydroxyl groups is 1. The highest BCUT2D eigenvalue weighted by atomic mass is 32.2. The van der Waals surface area contributed by atoms with E-state index in [1.54, 1.807) is 23.9 Å². The summed E-state index contributed by atoms with van der Waals surface area (Å²) in [5, 5.41) is 12.7. The Morgan fingerprint density at radius 3 is 2.61 bits per heavy atom. The molecule has 2 unspecified atom stereocenters. The van der Waals surface area contributed by atoms with Gasteiger partial charge in [0.15, 0.2) is 0 Å². The smallest absolute Gasteiger partial charge is 0.123 e. The molecule has 0 spiro atoms. The molecule has 0 aliphatic carbocycles. The van der Waals surface area contributed by atoms with E-state index in [0.29, 0.717) is 0 Å². The zero-order chi connectivity index (χ0) is 13.4. The van der Waals surface area contributed by atoms with Crippen LogP contribution in [0.4, 0.5) is 4.39 Å². The van der Waals surface area contributed by atoms with Crippen LogP contribution in [0.3, 0.4) is 0 Å². The van der Waals surface area contributed by atoms with Gasteiger partial charge in [0.25, 0.3) is 0 Å². The van der Waals surface area contributed by atoms with Crippen molar-refractivity contribution in [2.75, 3.05) is 19.4 Å². The first-order valence-electron chi connectivity index (χ1n) is 5.96. The van der Waals surface area contributed by atoms with E-state index in [9.17, 15) is 4.39 Å². The lowest BCUT2D eigenvalue weighted by Gasteiger charge is -2.20. The van der Waals surface area contributed by atoms with Crippen molar-refractivity contribution in [2.45, 2.75) is 18.2 Å². The number of nitrogens with one attached hydrogen (secondary N) is 1. The van der Waals surface area contributed by atoms with Crippen LogP contribution in [0.2, 0.25) is 0 Å². The van der Waals surface area contributed by atoms with Crippen LogP contribution in [0.15, 0.2) is 30.3 Å². The molecule has 100 valence electrons. The largest absolute Gasteiger partial charge is 0.395 e. The summed E-state index contributed by atoms with van der Waals surface area (Å²) in [6.45, 7) is 2.97. The Hall–Kier alpha value is -0.840. The average molecular weight is 269 g/mol. The fourth-order valence-electron chi connectivity index (χ4n) is 1.59. The van der Waals surface area contributed by atoms with Gasteiger partial charge in [0.2, 0.25) is 0 Å². The molecule has 0 aliphatic rings. The maximum absolute atomic E-state index is 12.7. The molecule has 2 atom stereocenters. The Morgan fingerprint density at radius 1 is 1.39 bits per heavy atom. The molecule has 1 aromatic carbocycles. The normalized spacial score (nSPS) is 14.9. The summed E-state index contributed by atoms with van der Waals surface area (Å²) >= 11 is 1.66. The van der Waals surface area contributed by atoms with Crippen LogP contribution in [0.5, 0.6) is 0 Å². The Morgan fingerprint density at radius 2 is 2.06 bits per heavy atom. The van der Waals surface area contributed by atoms with E-state index < -0.39 is 0 Å². The van der Waals surface area contributed by atoms with Crippen LogP contribution < -0.4 is 5.32 Å². The van der Waals surface area contributed by atoms with Crippen LogP contribution in [-0.2, 0) is 0 Å². The van der Waals surface area contributed by atoms with Crippen LogP contribution >= 0.6 is 11.8 Å². The highest BCUT2D eigenvalue weighted by Crippen LogP contribution is 2.10. The first-order chi connectivity index (χ1) is 8.67. The number of aliphatic hydroxyl groups excluding tert-OH is 1. The number of halogens is 1. The molecule has 2 nitrogen and oxygen atoms in total. The maximum Gasteiger partial charge on any atom is 0.123 e. The summed E-state index contributed by atoms with van der Waals surface area (Å²) in [6.07, 6.45) is 5.94. The van der Waals surface area contributed by atoms with Gasteiger partial charge in [-0.3, -0.25) is 0 Å². The van der Waals surface area contributed by atoms with Gasteiger partial charge >= 0.3 is 0 Å². The lowest BCUT2D eigenvalue weighted by atomic mass is 10.2. The van der Waals surface area contributed by atoms with Gasteiger partial charge in [-0.2, -0.15) is 11.8 Å². The van der Waals surface area contributed by atoms with Crippen LogP contribution in [-0.4, -0.2) is 35.8 Å². The second-order valence-electron chi connectivity index (χ2n) is 4.11. The van der Waals surface area contributed by atoms with E-state index in [1.807, 2.05) is 18.4 Å². The lowest BCUT2D eigenvalue weighted by Crippen LogP contribution is -2.37. The number of thioether (sulfide) groups is 1. The van der Waals surface area contributed by atoms with Gasteiger partial charge < -0.3 is 10.4 Å². The molecule has 0 fully saturated rings. The van der Waals surface area contributed by atoms with Crippen molar-refractivity contribution in [3.8, 4) is 0 Å². The van der Waals surface area contributed by atoms with E-state index in [4.69, 9.17) is 5.11 Å². The molecule has 0 heterocycles. The molecule has 4 heteroatoms. The molecule has 0 radical (unpaired) electrons. The van der Waals surface area contributed by atoms with E-state index in [2.05, 4.69) is 12.2 Å². The number of rotatable bonds is 7. The third kappa shape index (κ3) is 5.21. The van der Waals surface area contributed by atoms with Crippen molar-refractivity contribution in [3.63, 3.8) is 0 Å². The van der Waals surface area contributed by atoms with E-state index in [1.165, 1.54) is 12.1 Å². The minimum atomic E-state index is -0.218. The zero-order valence-electron chi connectivity index (χ0n) is 10.8. The first kappa shape index (κ1) is 15.2. The molecule has 18 heavy (non-hydrogen) atoms. The Labute approximate surface area is 112 Å². The van der Waals surface area contributed by atoms with Crippen molar-refractivity contribution >= 4 is 17.8 Å². The Balaban J connectivity index is 2.35. The number of hydrogen-bond donors (Lipinski definition) is 2. The monoisotopic (exact) mass is 269 g/mol. The maximum atomic E-state index is 12.7. The average Bonchev–Trinajstić information content (AvgIpc) is 2.38. The van der Waals surface area contributed by atoms with E-state index in [0.717, 1.165) is 12.1 Å². The van der Waals surface area contributed by atoms with Crippen molar-refractivity contribution in [2.24, 2.45) is 0 Å². The third-order valence-corrected chi connectivity index (χ3v) is 3.94. The summed E-state index contributed by atoms with van der Waals surface area (Å²) in [6, 6.07) is 6.64. The SMILES string of the molecule is CSC(CO)C(C)NC/C=C/c1ccc(F)cc1. The standard InChI is InChI=1S/C14H20FNOS/c1-11(14(10-17)18-2)16-9-3-4-12-5-7-13(15)8-6-12/h3-8,11,14,16-17H,9-10H2,1-2H3/b4-3+. The topological polar surface area (TPSA) is 32.3 Å². The molecule has 1 rings (SSSR count). The summed E-state index contributed by atoms with van der Waals surface area (Å²) < 4.78 is 12.7. The zero-order valence-corrected chi connectivity index (χ0v) is 11.6. The van der Waals surface area contributed by atoms with E-state index >= 15 is 0 Å². The molecule has 0 amide bonds. The summed E-state index contributed by atoms with van der Waals surface area (Å²) in [7, 11) is 0. The molecule has 2 N–H and O–H groups in total. The highest BCUT2D eigenvalue weighted by Gasteiger charge is 2.13. The lowest BCUT2D eigenvalue weighted by molar-refractivity contribution is 0.277. The van der Waals surface area contributed by atoms with Crippen LogP contribution in [0, 0.1) is 5.82 Å². The number of hydrogen-bond acceptors (Lipinski definition) is 3. The quantitative estimate of drug-likeness (QED) is 0.798. The van der Waals surface area contributed by atoms with Crippen molar-refractivity contribution in [1.29, 1.82) is 0 Å². The fraction of sp³-hybridized carbons (Fsp3) is 0.429. The van der Waals surface area contributed by atoms with Gasteiger partial charge in [0.1, 0.15) is 5.82 Å². The van der Waals surface area contributed by atoms with Crippen molar-refractivity contribution in [3.05, 3.63) is 41.7 Å². The molecule has 0 saturated heterocycles. The van der Waals surface area contributed by atoms with Gasteiger partial charge in [0, 0.05) is 17.8 Å². The van der Waals surface area contributed by atoms with Crippen molar-refractivity contribution < 1.29 is 9.50 Å². The van der Waals surface area contributed by atoms with Gasteiger partial charge in [-0.1, -0.05) is 24.3 Å². The van der Waals surface area contributed by atoms with Crippen molar-refractivity contribution in [1.82, 2.24) is 5.32 Å². The molecule has 0 aromatic heterocycles. The molecular formula is C14H20FNOS. The second kappa shape index (κ2) is 8.29. The summed E-state index contributed by atoms with van der Waals surface area (Å²) in [5.74, 6) is -0.218. The van der Waals surface area contributed by atoms with Gasteiger partial charge in [-0.15, -0.1) is 0 Å². The van der Waals surface area contributed by atoms with Gasteiger partial charge in [0.05, 0.1) is 6.61 Å². The van der Waals surface area contributed by atoms with Gasteiger partial charge in [-0.25, -0.2) is 4.39 Å². The minimum Gasteiger partial charge on any atom is -0.395 e. The Kier molecular flexibility index (Phi) is 7.01. The molecule has 0 aliphatic heterocycles. The summed E-state index contributed by atoms with van der Waals surface area (Å²) in [5.41, 5.74) is 0.981. The molecule has 0 saturated carbocycles. The van der Waals surface area contributed by atoms with Gasteiger partial charge in [-0.05, 0) is 30.9 Å². The molecule has 0 bridgehead atoms. The highest BCUT2D eigenvalue weighted by molar-refractivity contribution is 7.99. The molecular weight excluding hydrogens is 249 g/mol. The van der Waals surface area contributed by atoms with Crippen LogP contribution in [0.25, 0.3) is 6.08 Å². The minimum absolute atomic E-state index is 0.178. The second-order valence-corrected chi connectivity index (χ2v) is 5.18. The first-order valence-corrected chi connectivity index (χ1v) is 7.25. The number of benzene rings is 1. The van der Waals surface area contributed by atoms with Crippen LogP contribution in [0.1, 0.15) is 12.5 Å². The third-order valence-electron chi connectivity index (χ3n) is 2.78. The predicted molar refractivity (Wildman–Crippen MR) is 77.3 cm³/mol. The molecule has 1 aromatic rings. The Bertz CT molecular complexity index is 363. The summed E-state index contributed by atoms with van der Waals surface area (Å²) in [4.78, 5) is 0.